The SMILES string of the molecule is CC(C)CCC[C@@H](C)C1CC[C@H]2[C@]3(C)CC=C4C[C@@H](NC(=O)NCCCC(=O)O)CC[C@]4(C)[C@H]3CC[C@]12C. The Balaban J connectivity index is 1.40. The average molecular weight is 529 g/mol. The number of carboxylic acids is 1. The van der Waals surface area contributed by atoms with Gasteiger partial charge >= 0.3 is 12.0 Å². The Kier molecular flexibility index (Phi) is 8.94. The van der Waals surface area contributed by atoms with Crippen LogP contribution in [0.3, 0.4) is 0 Å². The maximum Gasteiger partial charge on any atom is 0.315 e. The number of nitrogens with one attached hydrogen (secondary N) is 2. The number of hydrogen-bond donors (Lipinski definition) is 3. The van der Waals surface area contributed by atoms with Crippen molar-refractivity contribution in [3.05, 3.63) is 11.6 Å². The first-order chi connectivity index (χ1) is 17.9. The summed E-state index contributed by atoms with van der Waals surface area (Å²) < 4.78 is 0. The lowest BCUT2D eigenvalue weighted by Crippen LogP contribution is -2.57. The molecule has 5 nitrogen and oxygen atoms in total. The van der Waals surface area contributed by atoms with Crippen molar-refractivity contribution in [1.29, 1.82) is 0 Å². The van der Waals surface area contributed by atoms with Crippen molar-refractivity contribution < 1.29 is 14.7 Å². The zero-order chi connectivity index (χ0) is 27.7. The van der Waals surface area contributed by atoms with Crippen molar-refractivity contribution >= 4 is 12.0 Å². The molecule has 0 spiro atoms. The van der Waals surface area contributed by atoms with Crippen LogP contribution < -0.4 is 10.6 Å². The van der Waals surface area contributed by atoms with Crippen LogP contribution in [-0.4, -0.2) is 29.7 Å². The lowest BCUT2D eigenvalue weighted by molar-refractivity contribution is -0.137. The maximum absolute atomic E-state index is 12.4. The molecule has 0 aromatic heterocycles. The van der Waals surface area contributed by atoms with E-state index >= 15 is 0 Å². The molecule has 0 aromatic carbocycles. The Morgan fingerprint density at radius 3 is 2.45 bits per heavy atom. The number of carboxylic acid groups (broad SMARTS) is 1. The van der Waals surface area contributed by atoms with Crippen LogP contribution in [0.2, 0.25) is 0 Å². The van der Waals surface area contributed by atoms with E-state index in [4.69, 9.17) is 5.11 Å². The largest absolute Gasteiger partial charge is 0.481 e. The summed E-state index contributed by atoms with van der Waals surface area (Å²) in [6.45, 7) is 15.6. The van der Waals surface area contributed by atoms with E-state index in [0.29, 0.717) is 23.8 Å². The second-order valence-electron chi connectivity index (χ2n) is 14.8. The average Bonchev–Trinajstić information content (AvgIpc) is 3.20. The molecule has 2 amide bonds. The second-order valence-corrected chi connectivity index (χ2v) is 14.8. The fraction of sp³-hybridized carbons (Fsp3) is 0.879. The van der Waals surface area contributed by atoms with Crippen LogP contribution in [0.25, 0.3) is 0 Å². The van der Waals surface area contributed by atoms with Gasteiger partial charge in [0.15, 0.2) is 0 Å². The fourth-order valence-corrected chi connectivity index (χ4v) is 10.1. The molecule has 0 aromatic rings. The summed E-state index contributed by atoms with van der Waals surface area (Å²) in [6, 6.07) is 0.0211. The Morgan fingerprint density at radius 2 is 1.74 bits per heavy atom. The van der Waals surface area contributed by atoms with Gasteiger partial charge < -0.3 is 15.7 Å². The van der Waals surface area contributed by atoms with Crippen LogP contribution in [0.15, 0.2) is 11.6 Å². The smallest absolute Gasteiger partial charge is 0.315 e. The summed E-state index contributed by atoms with van der Waals surface area (Å²) in [7, 11) is 0. The van der Waals surface area contributed by atoms with Gasteiger partial charge in [-0.15, -0.1) is 0 Å². The second kappa shape index (κ2) is 11.5. The molecule has 0 bridgehead atoms. The highest BCUT2D eigenvalue weighted by Crippen LogP contribution is 2.71. The van der Waals surface area contributed by atoms with E-state index in [9.17, 15) is 9.59 Å². The van der Waals surface area contributed by atoms with Crippen molar-refractivity contribution in [2.75, 3.05) is 6.54 Å². The number of aliphatic carboxylic acids is 1. The van der Waals surface area contributed by atoms with Crippen LogP contribution in [0.1, 0.15) is 125 Å². The Bertz CT molecular complexity index is 899. The van der Waals surface area contributed by atoms with E-state index in [1.165, 1.54) is 51.4 Å². The summed E-state index contributed by atoms with van der Waals surface area (Å²) in [5, 5.41) is 14.8. The predicted octanol–water partition coefficient (Wildman–Crippen LogP) is 7.95. The van der Waals surface area contributed by atoms with Crippen molar-refractivity contribution in [3.63, 3.8) is 0 Å². The van der Waals surface area contributed by atoms with E-state index in [2.05, 4.69) is 58.3 Å². The molecule has 0 saturated heterocycles. The van der Waals surface area contributed by atoms with Gasteiger partial charge in [-0.25, -0.2) is 4.79 Å². The molecule has 0 aliphatic heterocycles. The van der Waals surface area contributed by atoms with Crippen molar-refractivity contribution in [3.8, 4) is 0 Å². The molecule has 0 heterocycles. The molecule has 3 fully saturated rings. The first-order valence-corrected chi connectivity index (χ1v) is 15.9. The minimum Gasteiger partial charge on any atom is -0.481 e. The number of hydrogen-bond acceptors (Lipinski definition) is 2. The number of carbonyl (C=O) groups is 2. The van der Waals surface area contributed by atoms with E-state index in [-0.39, 0.29) is 23.9 Å². The zero-order valence-electron chi connectivity index (χ0n) is 25.2. The highest BCUT2D eigenvalue weighted by molar-refractivity contribution is 5.74. The molecule has 4 rings (SSSR count). The van der Waals surface area contributed by atoms with Gasteiger partial charge in [0.05, 0.1) is 0 Å². The van der Waals surface area contributed by atoms with Gasteiger partial charge in [-0.3, -0.25) is 4.79 Å². The number of carbonyl (C=O) groups excluding carboxylic acids is 1. The number of urea groups is 1. The molecular formula is C33H56N2O3. The third-order valence-corrected chi connectivity index (χ3v) is 12.1. The van der Waals surface area contributed by atoms with Crippen LogP contribution in [0, 0.1) is 45.8 Å². The lowest BCUT2D eigenvalue weighted by atomic mass is 9.41. The normalized spacial score (nSPS) is 39.0. The molecule has 8 atom stereocenters. The van der Waals surface area contributed by atoms with E-state index in [0.717, 1.165) is 48.9 Å². The fourth-order valence-electron chi connectivity index (χ4n) is 10.1. The molecule has 38 heavy (non-hydrogen) atoms. The Labute approximate surface area is 232 Å². The first kappa shape index (κ1) is 29.5. The van der Waals surface area contributed by atoms with Gasteiger partial charge in [-0.2, -0.15) is 0 Å². The van der Waals surface area contributed by atoms with Gasteiger partial charge in [0.2, 0.25) is 0 Å². The highest BCUT2D eigenvalue weighted by atomic mass is 16.4. The van der Waals surface area contributed by atoms with E-state index in [1.807, 2.05) is 0 Å². The minimum absolute atomic E-state index is 0.0902. The van der Waals surface area contributed by atoms with Crippen LogP contribution in [0.5, 0.6) is 0 Å². The number of fused-ring (bicyclic) bond motifs is 5. The van der Waals surface area contributed by atoms with Crippen LogP contribution >= 0.6 is 0 Å². The van der Waals surface area contributed by atoms with Gasteiger partial charge in [0.25, 0.3) is 0 Å². The predicted molar refractivity (Wildman–Crippen MR) is 155 cm³/mol. The van der Waals surface area contributed by atoms with Crippen LogP contribution in [0.4, 0.5) is 4.79 Å². The molecule has 0 radical (unpaired) electrons. The number of rotatable bonds is 10. The zero-order valence-corrected chi connectivity index (χ0v) is 25.2. The van der Waals surface area contributed by atoms with E-state index < -0.39 is 5.97 Å². The summed E-state index contributed by atoms with van der Waals surface area (Å²) in [6.07, 6.45) is 17.2. The highest BCUT2D eigenvalue weighted by Gasteiger charge is 2.63. The van der Waals surface area contributed by atoms with Gasteiger partial charge in [0.1, 0.15) is 0 Å². The molecular weight excluding hydrogens is 472 g/mol. The van der Waals surface area contributed by atoms with Crippen molar-refractivity contribution in [2.45, 2.75) is 131 Å². The molecule has 3 N–H and O–H groups in total. The van der Waals surface area contributed by atoms with Crippen molar-refractivity contribution in [2.24, 2.45) is 45.8 Å². The summed E-state index contributed by atoms with van der Waals surface area (Å²) in [4.78, 5) is 23.1. The maximum atomic E-state index is 12.4. The third kappa shape index (κ3) is 5.68. The molecule has 4 aliphatic rings. The molecule has 3 saturated carbocycles. The molecule has 5 heteroatoms. The molecule has 216 valence electrons. The van der Waals surface area contributed by atoms with Gasteiger partial charge in [-0.05, 0) is 104 Å². The number of amides is 2. The standard InChI is InChI=1S/C33H56N2O3/c1-22(2)9-7-10-23(3)26-12-13-27-32(26,5)19-16-28-31(4)18-15-25(21-24(31)14-17-33(27,28)6)35-30(38)34-20-8-11-29(36)37/h14,22-23,25-28H,7-13,15-21H2,1-6H3,(H,36,37)(H2,34,35,38)/t23-,25+,26?,27-,28-,31+,32-,33+/m1/s1. The van der Waals surface area contributed by atoms with E-state index in [1.54, 1.807) is 5.57 Å². The summed E-state index contributed by atoms with van der Waals surface area (Å²) >= 11 is 0. The Hall–Kier alpha value is -1.52. The topological polar surface area (TPSA) is 78.4 Å². The Morgan fingerprint density at radius 1 is 0.974 bits per heavy atom. The summed E-state index contributed by atoms with van der Waals surface area (Å²) in [5.74, 6) is 3.29. The number of allylic oxidation sites excluding steroid dienone is 1. The quantitative estimate of drug-likeness (QED) is 0.199. The first-order valence-electron chi connectivity index (χ1n) is 15.9. The summed E-state index contributed by atoms with van der Waals surface area (Å²) in [5.41, 5.74) is 2.72. The molecule has 1 unspecified atom stereocenters. The van der Waals surface area contributed by atoms with Crippen molar-refractivity contribution in [1.82, 2.24) is 10.6 Å². The monoisotopic (exact) mass is 528 g/mol. The molecule has 4 aliphatic carbocycles. The third-order valence-electron chi connectivity index (χ3n) is 12.1. The minimum atomic E-state index is -0.817. The lowest BCUT2D eigenvalue weighted by Gasteiger charge is -2.63. The van der Waals surface area contributed by atoms with Gasteiger partial charge in [0, 0.05) is 19.0 Å². The van der Waals surface area contributed by atoms with Crippen LogP contribution in [-0.2, 0) is 4.79 Å². The van der Waals surface area contributed by atoms with Gasteiger partial charge in [-0.1, -0.05) is 72.5 Å².